The fourth-order valence-corrected chi connectivity index (χ4v) is 4.75. The maximum atomic E-state index is 15.5. The second-order valence-electron chi connectivity index (χ2n) is 8.96. The normalized spacial score (nSPS) is 13.9. The molecule has 1 aromatic carbocycles. The Labute approximate surface area is 204 Å². The molecule has 5 heterocycles. The van der Waals surface area contributed by atoms with Gasteiger partial charge in [-0.05, 0) is 25.1 Å². The molecular weight excluding hydrogens is 463 g/mol. The molecule has 11 heteroatoms. The van der Waals surface area contributed by atoms with Crippen LogP contribution in [-0.4, -0.2) is 53.8 Å². The van der Waals surface area contributed by atoms with Crippen LogP contribution in [0.5, 0.6) is 0 Å². The minimum Gasteiger partial charge on any atom is -0.354 e. The van der Waals surface area contributed by atoms with Gasteiger partial charge in [-0.2, -0.15) is 10.2 Å². The summed E-state index contributed by atoms with van der Waals surface area (Å²) in [6, 6.07) is 7.01. The van der Waals surface area contributed by atoms with Gasteiger partial charge in [-0.25, -0.2) is 18.6 Å². The number of nitrogens with zero attached hydrogens (tertiary/aromatic N) is 6. The van der Waals surface area contributed by atoms with Crippen LogP contribution in [0.3, 0.4) is 0 Å². The van der Waals surface area contributed by atoms with Gasteiger partial charge in [-0.3, -0.25) is 14.5 Å². The minimum absolute atomic E-state index is 0.159. The summed E-state index contributed by atoms with van der Waals surface area (Å²) in [5.41, 5.74) is 5.14. The van der Waals surface area contributed by atoms with Gasteiger partial charge in [-0.1, -0.05) is 6.07 Å². The molecule has 6 rings (SSSR count). The Hall–Kier alpha value is -4.38. The molecule has 36 heavy (non-hydrogen) atoms. The van der Waals surface area contributed by atoms with Crippen LogP contribution in [0.15, 0.2) is 47.7 Å². The van der Waals surface area contributed by atoms with Gasteiger partial charge in [0, 0.05) is 56.0 Å². The number of carbonyl (C=O) groups excluding carboxylic acids is 1. The lowest BCUT2D eigenvalue weighted by Gasteiger charge is -2.26. The minimum atomic E-state index is -0.441. The van der Waals surface area contributed by atoms with Gasteiger partial charge in [0.25, 0.3) is 11.5 Å². The SMILES string of the molecule is CNC(=O)c1ccc(-n2cc3c(n2)CCN(Cc2ccc4c([nH]c(=O)c5c(C)cnn54)c2F)C3)cn1. The predicted molar refractivity (Wildman–Crippen MR) is 131 cm³/mol. The Bertz CT molecular complexity index is 1700. The van der Waals surface area contributed by atoms with Crippen LogP contribution < -0.4 is 10.9 Å². The highest BCUT2D eigenvalue weighted by Gasteiger charge is 2.22. The molecular formula is C25H23FN8O2. The molecule has 1 aliphatic heterocycles. The second-order valence-corrected chi connectivity index (χ2v) is 8.96. The largest absolute Gasteiger partial charge is 0.354 e. The topological polar surface area (TPSA) is 113 Å². The summed E-state index contributed by atoms with van der Waals surface area (Å²) in [7, 11) is 1.56. The summed E-state index contributed by atoms with van der Waals surface area (Å²) in [6.07, 6.45) is 5.89. The zero-order valence-electron chi connectivity index (χ0n) is 19.7. The summed E-state index contributed by atoms with van der Waals surface area (Å²) < 4.78 is 18.7. The molecule has 0 saturated carbocycles. The first-order valence-corrected chi connectivity index (χ1v) is 11.6. The maximum Gasteiger partial charge on any atom is 0.274 e. The molecule has 2 N–H and O–H groups in total. The molecule has 0 unspecified atom stereocenters. The van der Waals surface area contributed by atoms with Crippen LogP contribution in [-0.2, 0) is 19.5 Å². The number of fused-ring (bicyclic) bond motifs is 4. The molecule has 0 bridgehead atoms. The monoisotopic (exact) mass is 486 g/mol. The second kappa shape index (κ2) is 8.38. The van der Waals surface area contributed by atoms with E-state index in [1.807, 2.05) is 6.20 Å². The van der Waals surface area contributed by atoms with Crippen molar-refractivity contribution in [2.75, 3.05) is 13.6 Å². The number of carbonyl (C=O) groups is 1. The van der Waals surface area contributed by atoms with E-state index in [2.05, 4.69) is 30.4 Å². The third-order valence-electron chi connectivity index (χ3n) is 6.64. The van der Waals surface area contributed by atoms with Crippen molar-refractivity contribution in [2.24, 2.45) is 0 Å². The van der Waals surface area contributed by atoms with Crippen molar-refractivity contribution in [1.82, 2.24) is 39.6 Å². The fraction of sp³-hybridized carbons (Fsp3) is 0.240. The first-order valence-electron chi connectivity index (χ1n) is 11.6. The molecule has 5 aromatic rings. The van der Waals surface area contributed by atoms with Crippen LogP contribution >= 0.6 is 0 Å². The van der Waals surface area contributed by atoms with E-state index in [9.17, 15) is 9.59 Å². The molecule has 0 atom stereocenters. The Morgan fingerprint density at radius 2 is 2.08 bits per heavy atom. The zero-order chi connectivity index (χ0) is 25.0. The van der Waals surface area contributed by atoms with Crippen LogP contribution in [0, 0.1) is 12.7 Å². The molecule has 0 fully saturated rings. The molecule has 10 nitrogen and oxygen atoms in total. The van der Waals surface area contributed by atoms with Gasteiger partial charge in [0.15, 0.2) is 5.82 Å². The number of amides is 1. The summed E-state index contributed by atoms with van der Waals surface area (Å²) in [4.78, 5) is 33.3. The summed E-state index contributed by atoms with van der Waals surface area (Å²) in [5.74, 6) is -0.686. The summed E-state index contributed by atoms with van der Waals surface area (Å²) in [5, 5.41) is 11.5. The smallest absolute Gasteiger partial charge is 0.274 e. The molecule has 1 amide bonds. The Morgan fingerprint density at radius 3 is 2.86 bits per heavy atom. The molecule has 1 aliphatic rings. The zero-order valence-corrected chi connectivity index (χ0v) is 19.7. The number of pyridine rings is 1. The van der Waals surface area contributed by atoms with E-state index < -0.39 is 5.82 Å². The van der Waals surface area contributed by atoms with Gasteiger partial charge < -0.3 is 10.3 Å². The van der Waals surface area contributed by atoms with Crippen LogP contribution in [0.4, 0.5) is 4.39 Å². The van der Waals surface area contributed by atoms with Gasteiger partial charge in [0.1, 0.15) is 16.7 Å². The highest BCUT2D eigenvalue weighted by atomic mass is 19.1. The van der Waals surface area contributed by atoms with Crippen molar-refractivity contribution < 1.29 is 9.18 Å². The molecule has 182 valence electrons. The number of nitrogens with one attached hydrogen (secondary N) is 2. The van der Waals surface area contributed by atoms with E-state index in [-0.39, 0.29) is 17.0 Å². The van der Waals surface area contributed by atoms with Crippen molar-refractivity contribution in [2.45, 2.75) is 26.4 Å². The van der Waals surface area contributed by atoms with E-state index >= 15 is 4.39 Å². The van der Waals surface area contributed by atoms with Gasteiger partial charge >= 0.3 is 0 Å². The number of hydrogen-bond acceptors (Lipinski definition) is 6. The highest BCUT2D eigenvalue weighted by molar-refractivity contribution is 5.92. The van der Waals surface area contributed by atoms with E-state index in [1.54, 1.807) is 55.3 Å². The molecule has 0 spiro atoms. The Kier molecular flexibility index (Phi) is 5.15. The lowest BCUT2D eigenvalue weighted by atomic mass is 10.1. The van der Waals surface area contributed by atoms with Crippen molar-refractivity contribution in [3.8, 4) is 5.69 Å². The average molecular weight is 487 g/mol. The number of rotatable bonds is 4. The third kappa shape index (κ3) is 3.55. The maximum absolute atomic E-state index is 15.5. The molecule has 0 saturated heterocycles. The lowest BCUT2D eigenvalue weighted by molar-refractivity contribution is 0.0958. The van der Waals surface area contributed by atoms with Gasteiger partial charge in [0.05, 0.1) is 29.3 Å². The van der Waals surface area contributed by atoms with Crippen LogP contribution in [0.1, 0.15) is 32.9 Å². The molecule has 4 aromatic heterocycles. The average Bonchev–Trinajstić information content (AvgIpc) is 3.50. The third-order valence-corrected chi connectivity index (χ3v) is 6.64. The Morgan fingerprint density at radius 1 is 1.22 bits per heavy atom. The number of aromatic nitrogens is 6. The van der Waals surface area contributed by atoms with Crippen LogP contribution in [0.2, 0.25) is 0 Å². The number of aromatic amines is 1. The summed E-state index contributed by atoms with van der Waals surface area (Å²) >= 11 is 0. The Balaban J connectivity index is 1.25. The van der Waals surface area contributed by atoms with Crippen molar-refractivity contribution in [3.05, 3.63) is 87.1 Å². The van der Waals surface area contributed by atoms with Gasteiger partial charge in [-0.15, -0.1) is 0 Å². The quantitative estimate of drug-likeness (QED) is 0.402. The first kappa shape index (κ1) is 22.1. The molecule has 0 aliphatic carbocycles. The van der Waals surface area contributed by atoms with Crippen molar-refractivity contribution >= 4 is 22.5 Å². The number of halogens is 1. The number of hydrogen-bond donors (Lipinski definition) is 2. The van der Waals surface area contributed by atoms with E-state index in [0.717, 1.165) is 35.5 Å². The number of benzene rings is 1. The van der Waals surface area contributed by atoms with E-state index in [0.29, 0.717) is 35.4 Å². The van der Waals surface area contributed by atoms with Crippen molar-refractivity contribution in [1.29, 1.82) is 0 Å². The highest BCUT2D eigenvalue weighted by Crippen LogP contribution is 2.25. The number of H-pyrrole nitrogens is 1. The van der Waals surface area contributed by atoms with Crippen molar-refractivity contribution in [3.63, 3.8) is 0 Å². The van der Waals surface area contributed by atoms with Gasteiger partial charge in [0.2, 0.25) is 0 Å². The van der Waals surface area contributed by atoms with Crippen LogP contribution in [0.25, 0.3) is 22.2 Å². The lowest BCUT2D eigenvalue weighted by Crippen LogP contribution is -2.30. The number of aryl methyl sites for hydroxylation is 1. The molecule has 0 radical (unpaired) electrons. The predicted octanol–water partition coefficient (Wildman–Crippen LogP) is 2.12. The fourth-order valence-electron chi connectivity index (χ4n) is 4.75. The first-order chi connectivity index (χ1) is 17.4. The van der Waals surface area contributed by atoms with E-state index in [1.165, 1.54) is 4.52 Å². The standard InChI is InChI=1S/C25H23FN8O2/c1-14-9-29-34-20-6-3-15(21(26)22(20)30-25(36)23(14)34)11-32-8-7-18-16(12-32)13-33(31-18)17-4-5-19(28-10-17)24(35)27-2/h3-6,9-10,13H,7-8,11-12H2,1-2H3,(H,27,35)(H,30,36). The summed E-state index contributed by atoms with van der Waals surface area (Å²) in [6.45, 7) is 3.54. The van der Waals surface area contributed by atoms with E-state index in [4.69, 9.17) is 0 Å².